The lowest BCUT2D eigenvalue weighted by Gasteiger charge is -2.22. The van der Waals surface area contributed by atoms with E-state index in [0.29, 0.717) is 30.8 Å². The molecule has 0 aromatic heterocycles. The van der Waals surface area contributed by atoms with E-state index in [0.717, 1.165) is 5.56 Å². The molecule has 0 bridgehead atoms. The van der Waals surface area contributed by atoms with E-state index in [9.17, 15) is 15.3 Å². The first kappa shape index (κ1) is 20.5. The highest BCUT2D eigenvalue weighted by Crippen LogP contribution is 2.25. The van der Waals surface area contributed by atoms with Crippen molar-refractivity contribution in [1.29, 1.82) is 0 Å². The number of aliphatic hydroxyl groups excluding tert-OH is 4. The zero-order valence-electron chi connectivity index (χ0n) is 14.3. The highest BCUT2D eigenvalue weighted by Gasteiger charge is 2.20. The maximum Gasteiger partial charge on any atom is 0.128 e. The number of aliphatic imine (C=N–C) groups is 1. The minimum absolute atomic E-state index is 0.0355. The van der Waals surface area contributed by atoms with Crippen LogP contribution in [0.4, 0.5) is 0 Å². The largest absolute Gasteiger partial charge is 0.507 e. The van der Waals surface area contributed by atoms with Crippen molar-refractivity contribution in [3.05, 3.63) is 28.8 Å². The smallest absolute Gasteiger partial charge is 0.128 e. The predicted molar refractivity (Wildman–Crippen MR) is 92.5 cm³/mol. The van der Waals surface area contributed by atoms with Crippen LogP contribution in [0.15, 0.2) is 17.1 Å². The van der Waals surface area contributed by atoms with Gasteiger partial charge in [0, 0.05) is 37.0 Å². The van der Waals surface area contributed by atoms with Crippen molar-refractivity contribution in [3.63, 3.8) is 0 Å². The monoisotopic (exact) mass is 340 g/mol. The Labute approximate surface area is 142 Å². The molecule has 0 saturated heterocycles. The van der Waals surface area contributed by atoms with E-state index < -0.39 is 5.54 Å². The summed E-state index contributed by atoms with van der Waals surface area (Å²) < 4.78 is 0. The van der Waals surface area contributed by atoms with Gasteiger partial charge >= 0.3 is 0 Å². The fourth-order valence-corrected chi connectivity index (χ4v) is 2.25. The molecule has 0 atom stereocenters. The van der Waals surface area contributed by atoms with E-state index in [2.05, 4.69) is 4.99 Å². The van der Waals surface area contributed by atoms with E-state index in [1.807, 2.05) is 17.9 Å². The summed E-state index contributed by atoms with van der Waals surface area (Å²) in [4.78, 5) is 6.01. The number of phenolic OH excluding ortho intramolecular Hbond substituents is 1. The van der Waals surface area contributed by atoms with Crippen molar-refractivity contribution >= 4 is 6.21 Å². The molecular formula is C17H28N2O5. The minimum Gasteiger partial charge on any atom is -0.507 e. The van der Waals surface area contributed by atoms with Crippen molar-refractivity contribution < 1.29 is 25.5 Å². The molecule has 0 fully saturated rings. The Kier molecular flexibility index (Phi) is 8.30. The van der Waals surface area contributed by atoms with Gasteiger partial charge in [0.2, 0.25) is 0 Å². The summed E-state index contributed by atoms with van der Waals surface area (Å²) in [5.41, 5.74) is 1.07. The molecule has 1 rings (SSSR count). The number of aromatic hydroxyl groups is 1. The second kappa shape index (κ2) is 9.71. The minimum atomic E-state index is -1.00. The summed E-state index contributed by atoms with van der Waals surface area (Å²) >= 11 is 0. The lowest BCUT2D eigenvalue weighted by atomic mass is 10.0. The quantitative estimate of drug-likeness (QED) is 0.372. The van der Waals surface area contributed by atoms with Gasteiger partial charge in [-0.05, 0) is 25.5 Å². The molecule has 0 saturated carbocycles. The van der Waals surface area contributed by atoms with Crippen molar-refractivity contribution in [3.8, 4) is 5.75 Å². The molecule has 5 N–H and O–H groups in total. The number of aliphatic hydroxyl groups is 4. The van der Waals surface area contributed by atoms with Gasteiger partial charge in [-0.1, -0.05) is 6.07 Å². The summed E-state index contributed by atoms with van der Waals surface area (Å²) in [6.45, 7) is 3.99. The third kappa shape index (κ3) is 5.85. The number of hydrogen-bond acceptors (Lipinski definition) is 7. The normalized spacial score (nSPS) is 12.5. The molecule has 0 heterocycles. The van der Waals surface area contributed by atoms with Gasteiger partial charge in [-0.2, -0.15) is 0 Å². The Hall–Kier alpha value is -1.51. The fourth-order valence-electron chi connectivity index (χ4n) is 2.25. The number of phenols is 1. The van der Waals surface area contributed by atoms with E-state index in [4.69, 9.17) is 10.2 Å². The molecule has 136 valence electrons. The van der Waals surface area contributed by atoms with Crippen LogP contribution >= 0.6 is 0 Å². The van der Waals surface area contributed by atoms with E-state index in [1.165, 1.54) is 6.21 Å². The molecule has 1 aromatic carbocycles. The Bertz CT molecular complexity index is 538. The van der Waals surface area contributed by atoms with Crippen LogP contribution in [-0.4, -0.2) is 81.7 Å². The van der Waals surface area contributed by atoms with Gasteiger partial charge in [-0.3, -0.25) is 9.89 Å². The summed E-state index contributed by atoms with van der Waals surface area (Å²) in [7, 11) is 0. The predicted octanol–water partition coefficient (Wildman–Crippen LogP) is -0.351. The molecule has 7 heteroatoms. The molecule has 1 aromatic rings. The fraction of sp³-hybridized carbons (Fsp3) is 0.588. The van der Waals surface area contributed by atoms with Crippen molar-refractivity contribution in [2.24, 2.45) is 4.99 Å². The third-order valence-corrected chi connectivity index (χ3v) is 3.79. The molecular weight excluding hydrogens is 312 g/mol. The number of hydrogen-bond donors (Lipinski definition) is 5. The second-order valence-electron chi connectivity index (χ2n) is 6.16. The first-order valence-corrected chi connectivity index (χ1v) is 7.92. The van der Waals surface area contributed by atoms with Crippen LogP contribution in [-0.2, 0) is 6.54 Å². The first-order valence-electron chi connectivity index (χ1n) is 7.92. The molecule has 7 nitrogen and oxygen atoms in total. The molecule has 0 unspecified atom stereocenters. The molecule has 0 aliphatic rings. The Morgan fingerprint density at radius 2 is 1.67 bits per heavy atom. The third-order valence-electron chi connectivity index (χ3n) is 3.79. The molecule has 0 aliphatic heterocycles. The lowest BCUT2D eigenvalue weighted by Crippen LogP contribution is -2.31. The topological polar surface area (TPSA) is 117 Å². The second-order valence-corrected chi connectivity index (χ2v) is 6.16. The van der Waals surface area contributed by atoms with Crippen LogP contribution in [0.3, 0.4) is 0 Å². The van der Waals surface area contributed by atoms with Gasteiger partial charge in [0.1, 0.15) is 11.3 Å². The van der Waals surface area contributed by atoms with Gasteiger partial charge in [0.15, 0.2) is 0 Å². The van der Waals surface area contributed by atoms with Crippen LogP contribution in [0, 0.1) is 6.92 Å². The highest BCUT2D eigenvalue weighted by molar-refractivity contribution is 5.84. The van der Waals surface area contributed by atoms with E-state index in [1.54, 1.807) is 13.0 Å². The number of aryl methyl sites for hydroxylation is 1. The van der Waals surface area contributed by atoms with Gasteiger partial charge in [-0.25, -0.2) is 0 Å². The van der Waals surface area contributed by atoms with Gasteiger partial charge < -0.3 is 25.5 Å². The summed E-state index contributed by atoms with van der Waals surface area (Å²) in [5, 5.41) is 47.2. The Balaban J connectivity index is 3.09. The number of benzene rings is 1. The van der Waals surface area contributed by atoms with Crippen LogP contribution in [0.5, 0.6) is 5.75 Å². The van der Waals surface area contributed by atoms with Gasteiger partial charge in [0.05, 0.1) is 26.4 Å². The van der Waals surface area contributed by atoms with Crippen LogP contribution < -0.4 is 0 Å². The summed E-state index contributed by atoms with van der Waals surface area (Å²) in [5.74, 6) is 0.0588. The summed E-state index contributed by atoms with van der Waals surface area (Å²) in [6.07, 6.45) is 1.45. The van der Waals surface area contributed by atoms with Crippen LogP contribution in [0.2, 0.25) is 0 Å². The average molecular weight is 340 g/mol. The molecule has 0 radical (unpaired) electrons. The van der Waals surface area contributed by atoms with Crippen LogP contribution in [0.25, 0.3) is 0 Å². The van der Waals surface area contributed by atoms with Gasteiger partial charge in [-0.15, -0.1) is 0 Å². The van der Waals surface area contributed by atoms with Gasteiger partial charge in [0.25, 0.3) is 0 Å². The highest BCUT2D eigenvalue weighted by atomic mass is 16.3. The van der Waals surface area contributed by atoms with Crippen molar-refractivity contribution in [2.45, 2.75) is 25.9 Å². The molecule has 0 amide bonds. The molecule has 0 spiro atoms. The van der Waals surface area contributed by atoms with E-state index >= 15 is 0 Å². The van der Waals surface area contributed by atoms with E-state index in [-0.39, 0.29) is 32.2 Å². The molecule has 0 aliphatic carbocycles. The maximum absolute atomic E-state index is 10.5. The van der Waals surface area contributed by atoms with Crippen molar-refractivity contribution in [1.82, 2.24) is 4.90 Å². The maximum atomic E-state index is 10.5. The Morgan fingerprint density at radius 1 is 1.08 bits per heavy atom. The standard InChI is InChI=1S/C17H28N2O5/c1-13-7-14(9-18-17(2,11-22)12-23)16(24)15(8-13)10-19(3-5-20)4-6-21/h7-9,20-24H,3-6,10-12H2,1-2H3. The first-order chi connectivity index (χ1) is 11.4. The molecule has 24 heavy (non-hydrogen) atoms. The summed E-state index contributed by atoms with van der Waals surface area (Å²) in [6, 6.07) is 3.60. The van der Waals surface area contributed by atoms with Crippen molar-refractivity contribution in [2.75, 3.05) is 39.5 Å². The average Bonchev–Trinajstić information content (AvgIpc) is 2.56. The number of rotatable bonds is 10. The zero-order valence-corrected chi connectivity index (χ0v) is 14.3. The Morgan fingerprint density at radius 3 is 2.17 bits per heavy atom. The zero-order chi connectivity index (χ0) is 18.2. The van der Waals surface area contributed by atoms with Crippen LogP contribution in [0.1, 0.15) is 23.6 Å². The SMILES string of the molecule is Cc1cc(C=NC(C)(CO)CO)c(O)c(CN(CCO)CCO)c1. The number of nitrogens with zero attached hydrogens (tertiary/aromatic N) is 2. The lowest BCUT2D eigenvalue weighted by molar-refractivity contribution is 0.136.